The van der Waals surface area contributed by atoms with Crippen LogP contribution >= 0.6 is 0 Å². The summed E-state index contributed by atoms with van der Waals surface area (Å²) in [4.78, 5) is 29.1. The van der Waals surface area contributed by atoms with Crippen molar-refractivity contribution in [2.45, 2.75) is 38.6 Å². The number of ether oxygens (including phenoxy) is 2. The van der Waals surface area contributed by atoms with Gasteiger partial charge in [-0.25, -0.2) is 4.79 Å². The molecule has 2 aliphatic heterocycles. The minimum atomic E-state index is -0.193. The van der Waals surface area contributed by atoms with Gasteiger partial charge in [-0.15, -0.1) is 0 Å². The zero-order valence-corrected chi connectivity index (χ0v) is 17.1. The van der Waals surface area contributed by atoms with E-state index in [0.717, 1.165) is 43.0 Å². The third-order valence-electron chi connectivity index (χ3n) is 5.77. The maximum absolute atomic E-state index is 12.8. The average Bonchev–Trinajstić information content (AvgIpc) is 3.27. The molecule has 0 saturated carbocycles. The highest BCUT2D eigenvalue weighted by atomic mass is 16.5. The molecular formula is C21H31N3O4. The molecule has 1 atom stereocenters. The van der Waals surface area contributed by atoms with E-state index < -0.39 is 0 Å². The molecule has 0 bridgehead atoms. The lowest BCUT2D eigenvalue weighted by Gasteiger charge is -2.34. The van der Waals surface area contributed by atoms with Crippen molar-refractivity contribution >= 4 is 11.9 Å². The summed E-state index contributed by atoms with van der Waals surface area (Å²) in [6, 6.07) is 5.51. The predicted octanol–water partition coefficient (Wildman–Crippen LogP) is 2.81. The molecule has 2 heterocycles. The number of rotatable bonds is 5. The lowest BCUT2D eigenvalue weighted by molar-refractivity contribution is -0.127. The molecule has 2 saturated heterocycles. The molecule has 0 spiro atoms. The van der Waals surface area contributed by atoms with Gasteiger partial charge in [-0.3, -0.25) is 4.79 Å². The summed E-state index contributed by atoms with van der Waals surface area (Å²) in [5.74, 6) is 1.41. The van der Waals surface area contributed by atoms with Gasteiger partial charge in [-0.05, 0) is 50.8 Å². The predicted molar refractivity (Wildman–Crippen MR) is 107 cm³/mol. The van der Waals surface area contributed by atoms with Crippen molar-refractivity contribution < 1.29 is 19.1 Å². The highest BCUT2D eigenvalue weighted by Gasteiger charge is 2.31. The van der Waals surface area contributed by atoms with Crippen LogP contribution in [0.1, 0.15) is 44.2 Å². The van der Waals surface area contributed by atoms with Gasteiger partial charge in [-0.2, -0.15) is 0 Å². The minimum absolute atomic E-state index is 0.0330. The van der Waals surface area contributed by atoms with Gasteiger partial charge in [0.15, 0.2) is 0 Å². The molecule has 7 heteroatoms. The van der Waals surface area contributed by atoms with Crippen molar-refractivity contribution in [2.24, 2.45) is 5.92 Å². The zero-order valence-electron chi connectivity index (χ0n) is 17.1. The Morgan fingerprint density at radius 2 is 1.68 bits per heavy atom. The number of methoxy groups -OCH3 is 2. The fourth-order valence-electron chi connectivity index (χ4n) is 4.03. The second kappa shape index (κ2) is 9.17. The monoisotopic (exact) mass is 389 g/mol. The first-order chi connectivity index (χ1) is 13.5. The molecule has 28 heavy (non-hydrogen) atoms. The first kappa shape index (κ1) is 20.3. The highest BCUT2D eigenvalue weighted by Crippen LogP contribution is 2.30. The van der Waals surface area contributed by atoms with Crippen molar-refractivity contribution in [3.8, 4) is 11.5 Å². The van der Waals surface area contributed by atoms with Crippen molar-refractivity contribution in [2.75, 3.05) is 40.4 Å². The van der Waals surface area contributed by atoms with Crippen molar-refractivity contribution in [1.29, 1.82) is 0 Å². The Kier molecular flexibility index (Phi) is 6.65. The van der Waals surface area contributed by atoms with Crippen LogP contribution in [0.4, 0.5) is 4.79 Å². The summed E-state index contributed by atoms with van der Waals surface area (Å²) in [6.45, 7) is 4.95. The van der Waals surface area contributed by atoms with Crippen LogP contribution in [0.5, 0.6) is 11.5 Å². The topological polar surface area (TPSA) is 71.1 Å². The molecule has 154 valence electrons. The number of nitrogens with zero attached hydrogens (tertiary/aromatic N) is 2. The summed E-state index contributed by atoms with van der Waals surface area (Å²) < 4.78 is 10.7. The van der Waals surface area contributed by atoms with Gasteiger partial charge in [0.25, 0.3) is 0 Å². The van der Waals surface area contributed by atoms with Crippen LogP contribution in [0.25, 0.3) is 0 Å². The molecule has 3 rings (SSSR count). The molecule has 1 N–H and O–H groups in total. The summed E-state index contributed by atoms with van der Waals surface area (Å²) in [5.41, 5.74) is 0.886. The van der Waals surface area contributed by atoms with Crippen molar-refractivity contribution in [3.63, 3.8) is 0 Å². The number of nitrogens with one attached hydrogen (secondary N) is 1. The van der Waals surface area contributed by atoms with Gasteiger partial charge in [0.1, 0.15) is 11.5 Å². The molecule has 2 aliphatic rings. The van der Waals surface area contributed by atoms with E-state index in [1.54, 1.807) is 14.2 Å². The van der Waals surface area contributed by atoms with Gasteiger partial charge in [0, 0.05) is 37.7 Å². The smallest absolute Gasteiger partial charge is 0.319 e. The average molecular weight is 389 g/mol. The Labute approximate surface area is 167 Å². The molecule has 1 aromatic rings. The number of piperidine rings is 1. The maximum Gasteiger partial charge on any atom is 0.319 e. The maximum atomic E-state index is 12.8. The lowest BCUT2D eigenvalue weighted by atomic mass is 9.95. The third-order valence-corrected chi connectivity index (χ3v) is 5.77. The second-order valence-electron chi connectivity index (χ2n) is 7.58. The van der Waals surface area contributed by atoms with Crippen LogP contribution < -0.4 is 14.8 Å². The number of urea groups is 1. The molecular weight excluding hydrogens is 358 g/mol. The van der Waals surface area contributed by atoms with E-state index in [1.807, 2.05) is 34.9 Å². The van der Waals surface area contributed by atoms with E-state index in [0.29, 0.717) is 25.9 Å². The second-order valence-corrected chi connectivity index (χ2v) is 7.58. The summed E-state index contributed by atoms with van der Waals surface area (Å²) in [5, 5.41) is 3.10. The standard InChI is InChI=1S/C21H31N3O4/c1-15(18-14-17(27-2)6-7-19(18)28-3)22-20(25)16-8-12-24(13-9-16)21(26)23-10-4-5-11-23/h6-7,14-16H,4-5,8-13H2,1-3H3,(H,22,25). The zero-order chi connectivity index (χ0) is 20.1. The van der Waals surface area contributed by atoms with Crippen LogP contribution in [0.2, 0.25) is 0 Å². The SMILES string of the molecule is COc1ccc(OC)c(C(C)NC(=O)C2CCN(C(=O)N3CCCC3)CC2)c1. The number of hydrogen-bond donors (Lipinski definition) is 1. The van der Waals surface area contributed by atoms with Crippen LogP contribution in [0, 0.1) is 5.92 Å². The number of carbonyl (C=O) groups is 2. The van der Waals surface area contributed by atoms with Crippen LogP contribution in [-0.4, -0.2) is 62.1 Å². The van der Waals surface area contributed by atoms with E-state index in [9.17, 15) is 9.59 Å². The summed E-state index contributed by atoms with van der Waals surface area (Å²) >= 11 is 0. The Balaban J connectivity index is 1.55. The van der Waals surface area contributed by atoms with E-state index in [-0.39, 0.29) is 23.9 Å². The minimum Gasteiger partial charge on any atom is -0.497 e. The normalized spacial score (nSPS) is 18.7. The Hall–Kier alpha value is -2.44. The van der Waals surface area contributed by atoms with Gasteiger partial charge in [0.2, 0.25) is 5.91 Å². The molecule has 2 fully saturated rings. The van der Waals surface area contributed by atoms with Crippen LogP contribution in [0.3, 0.4) is 0 Å². The molecule has 0 aliphatic carbocycles. The Morgan fingerprint density at radius 1 is 1.04 bits per heavy atom. The number of likely N-dealkylation sites (tertiary alicyclic amines) is 2. The Bertz CT molecular complexity index is 695. The van der Waals surface area contributed by atoms with Gasteiger partial charge in [-0.1, -0.05) is 0 Å². The number of carbonyl (C=O) groups excluding carboxylic acids is 2. The number of amides is 3. The third kappa shape index (κ3) is 4.51. The summed E-state index contributed by atoms with van der Waals surface area (Å²) in [7, 11) is 3.24. The van der Waals surface area contributed by atoms with Gasteiger partial charge in [0.05, 0.1) is 20.3 Å². The lowest BCUT2D eigenvalue weighted by Crippen LogP contribution is -2.47. The van der Waals surface area contributed by atoms with Crippen molar-refractivity contribution in [3.05, 3.63) is 23.8 Å². The Morgan fingerprint density at radius 3 is 2.29 bits per heavy atom. The van der Waals surface area contributed by atoms with E-state index in [4.69, 9.17) is 9.47 Å². The molecule has 0 radical (unpaired) electrons. The van der Waals surface area contributed by atoms with E-state index >= 15 is 0 Å². The largest absolute Gasteiger partial charge is 0.497 e. The van der Waals surface area contributed by atoms with E-state index in [2.05, 4.69) is 5.32 Å². The first-order valence-electron chi connectivity index (χ1n) is 10.1. The highest BCUT2D eigenvalue weighted by molar-refractivity contribution is 5.80. The first-order valence-corrected chi connectivity index (χ1v) is 10.1. The van der Waals surface area contributed by atoms with Crippen LogP contribution in [-0.2, 0) is 4.79 Å². The van der Waals surface area contributed by atoms with Gasteiger partial charge >= 0.3 is 6.03 Å². The molecule has 7 nitrogen and oxygen atoms in total. The fourth-order valence-corrected chi connectivity index (χ4v) is 4.03. The van der Waals surface area contributed by atoms with Crippen LogP contribution in [0.15, 0.2) is 18.2 Å². The van der Waals surface area contributed by atoms with E-state index in [1.165, 1.54) is 0 Å². The quantitative estimate of drug-likeness (QED) is 0.841. The number of benzene rings is 1. The number of hydrogen-bond acceptors (Lipinski definition) is 4. The van der Waals surface area contributed by atoms with Gasteiger partial charge < -0.3 is 24.6 Å². The molecule has 3 amide bonds. The summed E-state index contributed by atoms with van der Waals surface area (Å²) in [6.07, 6.45) is 3.59. The van der Waals surface area contributed by atoms with Crippen molar-refractivity contribution in [1.82, 2.24) is 15.1 Å². The fraction of sp³-hybridized carbons (Fsp3) is 0.619. The molecule has 0 aromatic heterocycles. The molecule has 1 unspecified atom stereocenters. The molecule has 1 aromatic carbocycles.